The molecule has 0 radical (unpaired) electrons. The normalized spacial score (nSPS) is 17.7. The van der Waals surface area contributed by atoms with E-state index in [1.165, 1.54) is 50.8 Å². The van der Waals surface area contributed by atoms with Crippen molar-refractivity contribution in [1.82, 2.24) is 29.7 Å². The molecular formula is C26H29FN6O2. The smallest absolute Gasteiger partial charge is 0.182 e. The number of nitrogens with zero attached hydrogens (tertiary/aromatic N) is 6. The minimum Gasteiger partial charge on any atom is -0.497 e. The van der Waals surface area contributed by atoms with Gasteiger partial charge in [0.15, 0.2) is 5.65 Å². The average Bonchev–Trinajstić information content (AvgIpc) is 3.61. The van der Waals surface area contributed by atoms with Crippen molar-refractivity contribution in [2.75, 3.05) is 13.7 Å². The van der Waals surface area contributed by atoms with Crippen LogP contribution in [0.4, 0.5) is 4.39 Å². The van der Waals surface area contributed by atoms with Gasteiger partial charge < -0.3 is 9.47 Å². The molecule has 1 saturated heterocycles. The topological polar surface area (TPSA) is 87.8 Å². The van der Waals surface area contributed by atoms with E-state index in [0.717, 1.165) is 24.4 Å². The van der Waals surface area contributed by atoms with Crippen molar-refractivity contribution in [3.8, 4) is 17.0 Å². The number of fused-ring (bicyclic) bond motifs is 1. The summed E-state index contributed by atoms with van der Waals surface area (Å²) < 4.78 is 27.1. The van der Waals surface area contributed by atoms with Crippen LogP contribution < -0.4 is 4.74 Å². The number of methoxy groups -OCH3 is 1. The summed E-state index contributed by atoms with van der Waals surface area (Å²) in [6, 6.07) is 5.30. The second-order valence-electron chi connectivity index (χ2n) is 8.97. The molecule has 0 spiro atoms. The molecule has 0 amide bonds. The lowest BCUT2D eigenvalue weighted by Crippen LogP contribution is -2.10. The monoisotopic (exact) mass is 476 g/mol. The molecule has 3 aromatic heterocycles. The van der Waals surface area contributed by atoms with E-state index >= 15 is 0 Å². The van der Waals surface area contributed by atoms with E-state index in [9.17, 15) is 4.39 Å². The fraction of sp³-hybridized carbons (Fsp3) is 0.423. The van der Waals surface area contributed by atoms with Gasteiger partial charge >= 0.3 is 0 Å². The van der Waals surface area contributed by atoms with Crippen LogP contribution in [0.2, 0.25) is 0 Å². The van der Waals surface area contributed by atoms with E-state index in [4.69, 9.17) is 9.47 Å². The summed E-state index contributed by atoms with van der Waals surface area (Å²) in [5.74, 6) is 0.0297. The number of ether oxygens (including phenoxy) is 2. The Bertz CT molecular complexity index is 1330. The van der Waals surface area contributed by atoms with Crippen LogP contribution in [0.3, 0.4) is 0 Å². The Kier molecular flexibility index (Phi) is 6.68. The van der Waals surface area contributed by atoms with E-state index in [-0.39, 0.29) is 0 Å². The van der Waals surface area contributed by atoms with Gasteiger partial charge in [-0.2, -0.15) is 5.10 Å². The Morgan fingerprint density at radius 2 is 1.89 bits per heavy atom. The highest BCUT2D eigenvalue weighted by atomic mass is 19.1. The van der Waals surface area contributed by atoms with E-state index in [1.807, 2.05) is 20.0 Å². The first-order chi connectivity index (χ1) is 17.0. The SMILES string of the molecule is COc1ccc(-c2ncnc3nc(C)c(C)nc23)c(F)c1.c1nn(C2CC2)cc1C1CCCCO1. The molecule has 0 N–H and O–H groups in total. The Morgan fingerprint density at radius 1 is 1.06 bits per heavy atom. The van der Waals surface area contributed by atoms with Gasteiger partial charge in [-0.25, -0.2) is 24.3 Å². The zero-order chi connectivity index (χ0) is 24.4. The van der Waals surface area contributed by atoms with Crippen LogP contribution in [0.1, 0.15) is 61.2 Å². The summed E-state index contributed by atoms with van der Waals surface area (Å²) in [4.78, 5) is 17.1. The fourth-order valence-electron chi connectivity index (χ4n) is 4.12. The molecule has 4 aromatic rings. The van der Waals surface area contributed by atoms with Gasteiger partial charge in [0.1, 0.15) is 29.1 Å². The molecule has 9 heteroatoms. The highest BCUT2D eigenvalue weighted by Gasteiger charge is 2.26. The van der Waals surface area contributed by atoms with Crippen molar-refractivity contribution < 1.29 is 13.9 Å². The minimum absolute atomic E-state index is 0.316. The Labute approximate surface area is 203 Å². The van der Waals surface area contributed by atoms with Crippen LogP contribution in [0.15, 0.2) is 36.9 Å². The van der Waals surface area contributed by atoms with Gasteiger partial charge in [-0.1, -0.05) is 0 Å². The lowest BCUT2D eigenvalue weighted by Gasteiger charge is -2.21. The van der Waals surface area contributed by atoms with Gasteiger partial charge in [0.2, 0.25) is 0 Å². The second kappa shape index (κ2) is 10.0. The second-order valence-corrected chi connectivity index (χ2v) is 8.97. The van der Waals surface area contributed by atoms with Crippen LogP contribution in [0.5, 0.6) is 5.75 Å². The molecule has 1 atom stereocenters. The third kappa shape index (κ3) is 5.14. The highest BCUT2D eigenvalue weighted by molar-refractivity contribution is 5.86. The standard InChI is InChI=1S/C15H13FN4O.C11H16N2O/c1-8-9(2)20-15-14(19-8)13(17-7-18-15)11-5-4-10(21-3)6-12(11)16;1-2-6-14-11(3-1)9-7-12-13(8-9)10-4-5-10/h4-7H,1-3H3;7-8,10-11H,1-6H2. The molecule has 2 aliphatic rings. The quantitative estimate of drug-likeness (QED) is 0.394. The van der Waals surface area contributed by atoms with Crippen molar-refractivity contribution in [2.45, 2.75) is 58.1 Å². The summed E-state index contributed by atoms with van der Waals surface area (Å²) in [5, 5.41) is 4.39. The maximum atomic E-state index is 14.2. The molecule has 1 saturated carbocycles. The van der Waals surface area contributed by atoms with Crippen molar-refractivity contribution in [3.63, 3.8) is 0 Å². The molecular weight excluding hydrogens is 447 g/mol. The maximum Gasteiger partial charge on any atom is 0.182 e. The molecule has 1 aromatic carbocycles. The van der Waals surface area contributed by atoms with Gasteiger partial charge in [0.25, 0.3) is 0 Å². The molecule has 1 aliphatic heterocycles. The number of aryl methyl sites for hydroxylation is 2. The third-order valence-electron chi connectivity index (χ3n) is 6.41. The molecule has 2 fully saturated rings. The Balaban J connectivity index is 0.000000156. The van der Waals surface area contributed by atoms with Crippen LogP contribution in [-0.2, 0) is 4.74 Å². The Morgan fingerprint density at radius 3 is 2.60 bits per heavy atom. The van der Waals surface area contributed by atoms with Gasteiger partial charge in [-0.3, -0.25) is 4.68 Å². The van der Waals surface area contributed by atoms with E-state index in [1.54, 1.807) is 12.1 Å². The van der Waals surface area contributed by atoms with Gasteiger partial charge in [0, 0.05) is 30.0 Å². The molecule has 1 aliphatic carbocycles. The Hall–Kier alpha value is -3.46. The summed E-state index contributed by atoms with van der Waals surface area (Å²) in [7, 11) is 1.49. The first kappa shape index (κ1) is 23.3. The van der Waals surface area contributed by atoms with E-state index < -0.39 is 5.82 Å². The average molecular weight is 477 g/mol. The number of halogens is 1. The largest absolute Gasteiger partial charge is 0.497 e. The summed E-state index contributed by atoms with van der Waals surface area (Å²) >= 11 is 0. The maximum absolute atomic E-state index is 14.2. The number of benzene rings is 1. The number of aromatic nitrogens is 6. The molecule has 4 heterocycles. The molecule has 1 unspecified atom stereocenters. The minimum atomic E-state index is -0.422. The van der Waals surface area contributed by atoms with E-state index in [2.05, 4.69) is 35.9 Å². The number of rotatable bonds is 4. The fourth-order valence-corrected chi connectivity index (χ4v) is 4.12. The van der Waals surface area contributed by atoms with Crippen LogP contribution in [-0.4, -0.2) is 43.4 Å². The molecule has 182 valence electrons. The van der Waals surface area contributed by atoms with Crippen LogP contribution in [0, 0.1) is 19.7 Å². The van der Waals surface area contributed by atoms with Crippen LogP contribution in [0.25, 0.3) is 22.4 Å². The molecule has 6 rings (SSSR count). The molecule has 0 bridgehead atoms. The predicted molar refractivity (Wildman–Crippen MR) is 130 cm³/mol. The lowest BCUT2D eigenvalue weighted by atomic mass is 10.0. The highest BCUT2D eigenvalue weighted by Crippen LogP contribution is 2.36. The molecule has 8 nitrogen and oxygen atoms in total. The zero-order valence-corrected chi connectivity index (χ0v) is 20.2. The van der Waals surface area contributed by atoms with E-state index in [0.29, 0.717) is 40.3 Å². The van der Waals surface area contributed by atoms with Gasteiger partial charge in [0.05, 0.1) is 36.8 Å². The summed E-state index contributed by atoms with van der Waals surface area (Å²) in [6.45, 7) is 4.62. The van der Waals surface area contributed by atoms with Gasteiger partial charge in [-0.15, -0.1) is 0 Å². The predicted octanol–water partition coefficient (Wildman–Crippen LogP) is 5.31. The summed E-state index contributed by atoms with van der Waals surface area (Å²) in [5.41, 5.74) is 4.56. The zero-order valence-electron chi connectivity index (χ0n) is 20.2. The lowest BCUT2D eigenvalue weighted by molar-refractivity contribution is 0.0149. The summed E-state index contributed by atoms with van der Waals surface area (Å²) in [6.07, 6.45) is 12.1. The number of hydrogen-bond acceptors (Lipinski definition) is 7. The third-order valence-corrected chi connectivity index (χ3v) is 6.41. The van der Waals surface area contributed by atoms with Gasteiger partial charge in [-0.05, 0) is 58.1 Å². The van der Waals surface area contributed by atoms with Crippen LogP contribution >= 0.6 is 0 Å². The number of hydrogen-bond donors (Lipinski definition) is 0. The van der Waals surface area contributed by atoms with Crippen molar-refractivity contribution in [2.24, 2.45) is 0 Å². The first-order valence-electron chi connectivity index (χ1n) is 12.0. The first-order valence-corrected chi connectivity index (χ1v) is 12.0. The van der Waals surface area contributed by atoms with Crippen molar-refractivity contribution in [1.29, 1.82) is 0 Å². The molecule has 35 heavy (non-hydrogen) atoms. The van der Waals surface area contributed by atoms with Crippen molar-refractivity contribution in [3.05, 3.63) is 59.7 Å². The van der Waals surface area contributed by atoms with Crippen molar-refractivity contribution >= 4 is 11.2 Å².